The van der Waals surface area contributed by atoms with E-state index in [1.165, 1.54) is 64.5 Å². The van der Waals surface area contributed by atoms with Gasteiger partial charge in [0.15, 0.2) is 5.96 Å². The summed E-state index contributed by atoms with van der Waals surface area (Å²) >= 11 is 0. The van der Waals surface area contributed by atoms with Crippen LogP contribution >= 0.6 is 24.0 Å². The number of aliphatic imine (C=N–C) groups is 1. The minimum atomic E-state index is 0. The number of likely N-dealkylation sites (tertiary alicyclic amines) is 1. The van der Waals surface area contributed by atoms with Crippen LogP contribution in [0.2, 0.25) is 0 Å². The van der Waals surface area contributed by atoms with E-state index in [-0.39, 0.29) is 24.0 Å². The fourth-order valence-corrected chi connectivity index (χ4v) is 3.53. The molecule has 19 heavy (non-hydrogen) atoms. The van der Waals surface area contributed by atoms with Crippen LogP contribution in [0.25, 0.3) is 0 Å². The van der Waals surface area contributed by atoms with E-state index in [1.807, 2.05) is 7.05 Å². The van der Waals surface area contributed by atoms with Crippen molar-refractivity contribution in [1.29, 1.82) is 0 Å². The van der Waals surface area contributed by atoms with Gasteiger partial charge in [0.2, 0.25) is 0 Å². The van der Waals surface area contributed by atoms with E-state index in [2.05, 4.69) is 15.2 Å². The van der Waals surface area contributed by atoms with E-state index in [4.69, 9.17) is 0 Å². The molecule has 3 aliphatic rings. The van der Waals surface area contributed by atoms with Gasteiger partial charge in [-0.05, 0) is 43.4 Å². The molecule has 1 spiro atoms. The monoisotopic (exact) mass is 377 g/mol. The van der Waals surface area contributed by atoms with Gasteiger partial charge < -0.3 is 10.2 Å². The van der Waals surface area contributed by atoms with Crippen molar-refractivity contribution >= 4 is 29.9 Å². The largest absolute Gasteiger partial charge is 0.356 e. The van der Waals surface area contributed by atoms with Gasteiger partial charge in [-0.3, -0.25) is 4.99 Å². The zero-order valence-electron chi connectivity index (χ0n) is 12.2. The Morgan fingerprint density at radius 3 is 2.63 bits per heavy atom. The van der Waals surface area contributed by atoms with Crippen molar-refractivity contribution in [2.24, 2.45) is 16.3 Å². The summed E-state index contributed by atoms with van der Waals surface area (Å²) < 4.78 is 0. The van der Waals surface area contributed by atoms with Crippen LogP contribution in [-0.2, 0) is 0 Å². The highest BCUT2D eigenvalue weighted by Crippen LogP contribution is 2.47. The number of hydrogen-bond donors (Lipinski definition) is 1. The summed E-state index contributed by atoms with van der Waals surface area (Å²) in [6.07, 6.45) is 11.4. The maximum atomic E-state index is 4.46. The second-order valence-corrected chi connectivity index (χ2v) is 6.58. The first kappa shape index (κ1) is 15.4. The van der Waals surface area contributed by atoms with Gasteiger partial charge in [-0.15, -0.1) is 24.0 Å². The zero-order valence-corrected chi connectivity index (χ0v) is 14.5. The Labute approximate surface area is 134 Å². The van der Waals surface area contributed by atoms with Crippen LogP contribution < -0.4 is 5.32 Å². The van der Waals surface area contributed by atoms with E-state index in [0.29, 0.717) is 5.41 Å². The van der Waals surface area contributed by atoms with Crippen LogP contribution in [0.1, 0.15) is 51.4 Å². The molecular weight excluding hydrogens is 349 g/mol. The summed E-state index contributed by atoms with van der Waals surface area (Å²) in [5, 5.41) is 3.56. The van der Waals surface area contributed by atoms with Gasteiger partial charge in [0.25, 0.3) is 0 Å². The van der Waals surface area contributed by atoms with Crippen LogP contribution in [0, 0.1) is 11.3 Å². The number of rotatable bonds is 4. The smallest absolute Gasteiger partial charge is 0.193 e. The standard InChI is InChI=1S/C15H27N3.HI/c1-16-14(17-10-2-4-13-5-6-13)18-11-9-15(12-18)7-3-8-15;/h13H,2-12H2,1H3,(H,16,17);1H. The Kier molecular flexibility index (Phi) is 5.37. The number of halogens is 1. The third kappa shape index (κ3) is 3.76. The van der Waals surface area contributed by atoms with Crippen LogP contribution in [0.15, 0.2) is 4.99 Å². The van der Waals surface area contributed by atoms with Crippen LogP contribution in [-0.4, -0.2) is 37.5 Å². The molecule has 0 aromatic heterocycles. The summed E-state index contributed by atoms with van der Waals surface area (Å²) in [5.41, 5.74) is 0.672. The highest BCUT2D eigenvalue weighted by molar-refractivity contribution is 14.0. The lowest BCUT2D eigenvalue weighted by molar-refractivity contribution is 0.151. The molecule has 0 amide bonds. The number of nitrogens with zero attached hydrogens (tertiary/aromatic N) is 2. The highest BCUT2D eigenvalue weighted by Gasteiger charge is 2.43. The number of guanidine groups is 1. The predicted molar refractivity (Wildman–Crippen MR) is 91.2 cm³/mol. The van der Waals surface area contributed by atoms with Gasteiger partial charge in [0.05, 0.1) is 0 Å². The lowest BCUT2D eigenvalue weighted by atomic mass is 9.68. The molecule has 4 heteroatoms. The third-order valence-electron chi connectivity index (χ3n) is 5.13. The molecule has 110 valence electrons. The predicted octanol–water partition coefficient (Wildman–Crippen LogP) is 3.25. The summed E-state index contributed by atoms with van der Waals surface area (Å²) in [7, 11) is 1.93. The summed E-state index contributed by atoms with van der Waals surface area (Å²) in [5.74, 6) is 2.20. The molecule has 2 saturated carbocycles. The lowest BCUT2D eigenvalue weighted by Gasteiger charge is -2.38. The van der Waals surface area contributed by atoms with Crippen molar-refractivity contribution < 1.29 is 0 Å². The summed E-state index contributed by atoms with van der Waals surface area (Å²) in [6, 6.07) is 0. The molecule has 1 aliphatic heterocycles. The van der Waals surface area contributed by atoms with Crippen molar-refractivity contribution in [1.82, 2.24) is 10.2 Å². The third-order valence-corrected chi connectivity index (χ3v) is 5.13. The molecular formula is C15H28IN3. The Balaban J connectivity index is 0.00000133. The van der Waals surface area contributed by atoms with Gasteiger partial charge in [-0.2, -0.15) is 0 Å². The molecule has 0 aromatic rings. The Morgan fingerprint density at radius 2 is 2.11 bits per heavy atom. The topological polar surface area (TPSA) is 27.6 Å². The fourth-order valence-electron chi connectivity index (χ4n) is 3.53. The molecule has 0 bridgehead atoms. The normalized spacial score (nSPS) is 25.1. The number of nitrogens with one attached hydrogen (secondary N) is 1. The van der Waals surface area contributed by atoms with Crippen molar-refractivity contribution in [3.05, 3.63) is 0 Å². The highest BCUT2D eigenvalue weighted by atomic mass is 127. The van der Waals surface area contributed by atoms with Crippen LogP contribution in [0.4, 0.5) is 0 Å². The van der Waals surface area contributed by atoms with Gasteiger partial charge >= 0.3 is 0 Å². The molecule has 2 aliphatic carbocycles. The molecule has 0 unspecified atom stereocenters. The van der Waals surface area contributed by atoms with E-state index in [1.54, 1.807) is 0 Å². The first-order valence-corrected chi connectivity index (χ1v) is 7.77. The second kappa shape index (κ2) is 6.64. The molecule has 1 N–H and O–H groups in total. The van der Waals surface area contributed by atoms with Gasteiger partial charge in [-0.1, -0.05) is 19.3 Å². The maximum absolute atomic E-state index is 4.46. The Bertz CT molecular complexity index is 321. The Hall–Kier alpha value is 0. The molecule has 1 saturated heterocycles. The second-order valence-electron chi connectivity index (χ2n) is 6.58. The first-order chi connectivity index (χ1) is 8.81. The quantitative estimate of drug-likeness (QED) is 0.353. The fraction of sp³-hybridized carbons (Fsp3) is 0.933. The maximum Gasteiger partial charge on any atom is 0.193 e. The van der Waals surface area contributed by atoms with E-state index in [9.17, 15) is 0 Å². The molecule has 3 rings (SSSR count). The molecule has 0 atom stereocenters. The van der Waals surface area contributed by atoms with E-state index in [0.717, 1.165) is 18.4 Å². The summed E-state index contributed by atoms with van der Waals surface area (Å²) in [4.78, 5) is 6.94. The average molecular weight is 377 g/mol. The Morgan fingerprint density at radius 1 is 1.32 bits per heavy atom. The van der Waals surface area contributed by atoms with Crippen LogP contribution in [0.3, 0.4) is 0 Å². The van der Waals surface area contributed by atoms with Gasteiger partial charge in [-0.25, -0.2) is 0 Å². The minimum absolute atomic E-state index is 0. The first-order valence-electron chi connectivity index (χ1n) is 7.77. The van der Waals surface area contributed by atoms with Gasteiger partial charge in [0, 0.05) is 26.7 Å². The van der Waals surface area contributed by atoms with Crippen LogP contribution in [0.5, 0.6) is 0 Å². The SMILES string of the molecule is CN=C(NCCCC1CC1)N1CCC2(CCC2)C1.I. The zero-order chi connectivity index (χ0) is 12.4. The van der Waals surface area contributed by atoms with Crippen molar-refractivity contribution in [3.63, 3.8) is 0 Å². The molecule has 3 fully saturated rings. The van der Waals surface area contributed by atoms with Crippen molar-refractivity contribution in [2.45, 2.75) is 51.4 Å². The van der Waals surface area contributed by atoms with E-state index >= 15 is 0 Å². The minimum Gasteiger partial charge on any atom is -0.356 e. The van der Waals surface area contributed by atoms with Crippen molar-refractivity contribution in [3.8, 4) is 0 Å². The molecule has 0 aromatic carbocycles. The summed E-state index contributed by atoms with van der Waals surface area (Å²) in [6.45, 7) is 3.56. The number of hydrogen-bond acceptors (Lipinski definition) is 1. The van der Waals surface area contributed by atoms with Gasteiger partial charge in [0.1, 0.15) is 0 Å². The van der Waals surface area contributed by atoms with Crippen molar-refractivity contribution in [2.75, 3.05) is 26.7 Å². The molecule has 1 heterocycles. The lowest BCUT2D eigenvalue weighted by Crippen LogP contribution is -2.42. The molecule has 3 nitrogen and oxygen atoms in total. The van der Waals surface area contributed by atoms with E-state index < -0.39 is 0 Å². The average Bonchev–Trinajstić information content (AvgIpc) is 3.04. The molecule has 0 radical (unpaired) electrons.